The number of hydrogen-bond acceptors (Lipinski definition) is 8. The monoisotopic (exact) mass is 562 g/mol. The van der Waals surface area contributed by atoms with Gasteiger partial charge in [0, 0.05) is 37.9 Å². The van der Waals surface area contributed by atoms with Gasteiger partial charge in [-0.15, -0.1) is 0 Å². The fourth-order valence-corrected chi connectivity index (χ4v) is 4.87. The minimum absolute atomic E-state index is 0.0777. The molecule has 2 aliphatic rings. The SMILES string of the molecule is N#CN1CC[C@H](C(=O)Nc2cc(-c3ccccc3)[nH]n2)C1.N#CN1CC[C@H](C(=O)Nc2cn(-c3ccccc3)cn2)C1. The standard InChI is InChI=1S/2C15H15N5O/c16-10-19-7-6-12(8-19)15(21)18-14-9-20(11-17-14)13-4-2-1-3-5-13;16-10-20-7-6-12(9-20)15(21)17-14-8-13(18-19-14)11-4-2-1-3-5-11/h1-5,9,11-12H,6-8H2,(H,18,21);1-5,8,12H,6-7,9H2,(H2,17,18,19,21)/t2*12-/m00/s1. The van der Waals surface area contributed by atoms with Gasteiger partial charge in [0.15, 0.2) is 24.0 Å². The van der Waals surface area contributed by atoms with Crippen molar-refractivity contribution < 1.29 is 9.59 Å². The van der Waals surface area contributed by atoms with Gasteiger partial charge in [-0.05, 0) is 30.5 Å². The lowest BCUT2D eigenvalue weighted by molar-refractivity contribution is -0.120. The largest absolute Gasteiger partial charge is 0.310 e. The minimum Gasteiger partial charge on any atom is -0.310 e. The fraction of sp³-hybridized carbons (Fsp3) is 0.267. The molecule has 0 unspecified atom stereocenters. The Hall–Kier alpha value is -5.62. The number of nitriles is 2. The van der Waals surface area contributed by atoms with Crippen LogP contribution in [0.1, 0.15) is 12.8 Å². The number of likely N-dealkylation sites (tertiary alicyclic amines) is 2. The second-order valence-electron chi connectivity index (χ2n) is 10.1. The Morgan fingerprint density at radius 1 is 0.833 bits per heavy atom. The molecule has 2 atom stereocenters. The third-order valence-corrected chi connectivity index (χ3v) is 7.20. The molecular formula is C30H30N10O2. The van der Waals surface area contributed by atoms with Gasteiger partial charge in [-0.2, -0.15) is 15.6 Å². The number of nitrogens with zero attached hydrogens (tertiary/aromatic N) is 7. The molecule has 0 spiro atoms. The van der Waals surface area contributed by atoms with Crippen LogP contribution in [0.3, 0.4) is 0 Å². The first kappa shape index (κ1) is 27.9. The molecule has 2 aliphatic heterocycles. The molecular weight excluding hydrogens is 532 g/mol. The summed E-state index contributed by atoms with van der Waals surface area (Å²) < 4.78 is 1.85. The predicted molar refractivity (Wildman–Crippen MR) is 155 cm³/mol. The number of aromatic amines is 1. The van der Waals surface area contributed by atoms with Crippen LogP contribution in [-0.2, 0) is 9.59 Å². The molecule has 2 aromatic carbocycles. The summed E-state index contributed by atoms with van der Waals surface area (Å²) in [4.78, 5) is 31.6. The van der Waals surface area contributed by atoms with Gasteiger partial charge in [-0.1, -0.05) is 48.5 Å². The first-order chi connectivity index (χ1) is 20.5. The number of anilines is 2. The van der Waals surface area contributed by atoms with Crippen molar-refractivity contribution in [3.8, 4) is 29.3 Å². The average molecular weight is 563 g/mol. The van der Waals surface area contributed by atoms with Crippen molar-refractivity contribution >= 4 is 23.5 Å². The van der Waals surface area contributed by atoms with Gasteiger partial charge in [-0.3, -0.25) is 14.7 Å². The number of para-hydroxylation sites is 1. The zero-order valence-electron chi connectivity index (χ0n) is 22.8. The fourth-order valence-electron chi connectivity index (χ4n) is 4.87. The Bertz CT molecular complexity index is 1470. The molecule has 0 aliphatic carbocycles. The molecule has 0 radical (unpaired) electrons. The van der Waals surface area contributed by atoms with E-state index in [1.807, 2.05) is 71.3 Å². The summed E-state index contributed by atoms with van der Waals surface area (Å²) in [5.74, 6) is 0.575. The maximum Gasteiger partial charge on any atom is 0.230 e. The second kappa shape index (κ2) is 13.2. The van der Waals surface area contributed by atoms with Gasteiger partial charge in [-0.25, -0.2) is 4.98 Å². The van der Waals surface area contributed by atoms with Gasteiger partial charge in [0.25, 0.3) is 0 Å². The van der Waals surface area contributed by atoms with Crippen LogP contribution in [-0.4, -0.2) is 67.5 Å². The van der Waals surface area contributed by atoms with Gasteiger partial charge < -0.3 is 25.0 Å². The van der Waals surface area contributed by atoms with E-state index in [4.69, 9.17) is 10.5 Å². The molecule has 42 heavy (non-hydrogen) atoms. The first-order valence-electron chi connectivity index (χ1n) is 13.6. The van der Waals surface area contributed by atoms with Crippen molar-refractivity contribution in [3.63, 3.8) is 0 Å². The van der Waals surface area contributed by atoms with Gasteiger partial charge in [0.05, 0.1) is 23.7 Å². The van der Waals surface area contributed by atoms with E-state index in [0.717, 1.165) is 16.9 Å². The number of aromatic nitrogens is 4. The van der Waals surface area contributed by atoms with Gasteiger partial charge >= 0.3 is 0 Å². The average Bonchev–Trinajstić information content (AvgIpc) is 3.85. The number of imidazole rings is 1. The van der Waals surface area contributed by atoms with Crippen molar-refractivity contribution in [3.05, 3.63) is 79.3 Å². The Balaban J connectivity index is 0.000000168. The summed E-state index contributed by atoms with van der Waals surface area (Å²) >= 11 is 0. The third kappa shape index (κ3) is 6.92. The highest BCUT2D eigenvalue weighted by Gasteiger charge is 2.29. The van der Waals surface area contributed by atoms with E-state index in [0.29, 0.717) is 50.7 Å². The summed E-state index contributed by atoms with van der Waals surface area (Å²) in [5.41, 5.74) is 2.86. The maximum absolute atomic E-state index is 12.1. The quantitative estimate of drug-likeness (QED) is 0.302. The van der Waals surface area contributed by atoms with E-state index in [1.54, 1.807) is 22.3 Å². The number of nitrogens with one attached hydrogen (secondary N) is 3. The molecule has 12 nitrogen and oxygen atoms in total. The number of rotatable bonds is 6. The van der Waals surface area contributed by atoms with Crippen molar-refractivity contribution in [1.82, 2.24) is 29.5 Å². The van der Waals surface area contributed by atoms with E-state index >= 15 is 0 Å². The molecule has 2 aromatic heterocycles. The molecule has 3 N–H and O–H groups in total. The molecule has 12 heteroatoms. The highest BCUT2D eigenvalue weighted by molar-refractivity contribution is 5.93. The number of amides is 2. The van der Waals surface area contributed by atoms with Crippen LogP contribution >= 0.6 is 0 Å². The smallest absolute Gasteiger partial charge is 0.230 e. The number of carbonyl (C=O) groups excluding carboxylic acids is 2. The van der Waals surface area contributed by atoms with Crippen LogP contribution in [0.2, 0.25) is 0 Å². The number of hydrogen-bond donors (Lipinski definition) is 3. The van der Waals surface area contributed by atoms with Crippen molar-refractivity contribution in [2.45, 2.75) is 12.8 Å². The molecule has 4 heterocycles. The third-order valence-electron chi connectivity index (χ3n) is 7.20. The molecule has 4 aromatic rings. The molecule has 2 amide bonds. The molecule has 2 fully saturated rings. The van der Waals surface area contributed by atoms with Crippen molar-refractivity contribution in [2.24, 2.45) is 11.8 Å². The van der Waals surface area contributed by atoms with Crippen LogP contribution in [0.15, 0.2) is 79.3 Å². The highest BCUT2D eigenvalue weighted by atomic mass is 16.2. The van der Waals surface area contributed by atoms with Crippen LogP contribution in [0.4, 0.5) is 11.6 Å². The van der Waals surface area contributed by atoms with Crippen molar-refractivity contribution in [1.29, 1.82) is 10.5 Å². The van der Waals surface area contributed by atoms with E-state index in [9.17, 15) is 9.59 Å². The maximum atomic E-state index is 12.1. The summed E-state index contributed by atoms with van der Waals surface area (Å²) in [7, 11) is 0. The first-order valence-corrected chi connectivity index (χ1v) is 13.6. The lowest BCUT2D eigenvalue weighted by atomic mass is 10.1. The van der Waals surface area contributed by atoms with E-state index in [-0.39, 0.29) is 23.7 Å². The lowest BCUT2D eigenvalue weighted by Gasteiger charge is -2.08. The zero-order chi connectivity index (χ0) is 29.3. The summed E-state index contributed by atoms with van der Waals surface area (Å²) in [6.07, 6.45) is 9.00. The molecule has 0 bridgehead atoms. The van der Waals surface area contributed by atoms with Crippen LogP contribution < -0.4 is 10.6 Å². The normalized spacial score (nSPS) is 17.5. The Morgan fingerprint density at radius 2 is 1.40 bits per heavy atom. The second-order valence-corrected chi connectivity index (χ2v) is 10.1. The summed E-state index contributed by atoms with van der Waals surface area (Å²) in [6, 6.07) is 21.4. The van der Waals surface area contributed by atoms with Crippen molar-refractivity contribution in [2.75, 3.05) is 36.8 Å². The number of H-pyrrole nitrogens is 1. The van der Waals surface area contributed by atoms with Gasteiger partial charge in [0.1, 0.15) is 6.33 Å². The number of benzene rings is 2. The van der Waals surface area contributed by atoms with Crippen LogP contribution in [0, 0.1) is 34.7 Å². The van der Waals surface area contributed by atoms with Gasteiger partial charge in [0.2, 0.25) is 11.8 Å². The molecule has 212 valence electrons. The van der Waals surface area contributed by atoms with Crippen LogP contribution in [0.5, 0.6) is 0 Å². The van der Waals surface area contributed by atoms with E-state index in [2.05, 4.69) is 38.2 Å². The Labute approximate surface area is 243 Å². The summed E-state index contributed by atoms with van der Waals surface area (Å²) in [5, 5.41) is 30.3. The number of carbonyl (C=O) groups is 2. The topological polar surface area (TPSA) is 159 Å². The highest BCUT2D eigenvalue weighted by Crippen LogP contribution is 2.22. The minimum atomic E-state index is -0.151. The Kier molecular flexibility index (Phi) is 8.75. The molecule has 2 saturated heterocycles. The summed E-state index contributed by atoms with van der Waals surface area (Å²) in [6.45, 7) is 2.26. The molecule has 0 saturated carbocycles. The predicted octanol–water partition coefficient (Wildman–Crippen LogP) is 3.43. The Morgan fingerprint density at radius 3 is 1.98 bits per heavy atom. The zero-order valence-corrected chi connectivity index (χ0v) is 22.8. The van der Waals surface area contributed by atoms with E-state index < -0.39 is 0 Å². The molecule has 6 rings (SSSR count). The van der Waals surface area contributed by atoms with Crippen LogP contribution in [0.25, 0.3) is 16.9 Å². The lowest BCUT2D eigenvalue weighted by Crippen LogP contribution is -2.25. The van der Waals surface area contributed by atoms with E-state index in [1.165, 1.54) is 0 Å².